The summed E-state index contributed by atoms with van der Waals surface area (Å²) in [4.78, 5) is 15.4. The van der Waals surface area contributed by atoms with Crippen LogP contribution in [0.4, 0.5) is 0 Å². The minimum Gasteiger partial charge on any atom is -0.432 e. The third-order valence-corrected chi connectivity index (χ3v) is 23.2. The molecule has 5 saturated carbocycles. The first kappa shape index (κ1) is 66.2. The summed E-state index contributed by atoms with van der Waals surface area (Å²) in [5.41, 5.74) is -3.65. The monoisotopic (exact) mass is 1220 g/mol. The zero-order chi connectivity index (χ0) is 62.2. The average molecular weight is 1220 g/mol. The van der Waals surface area contributed by atoms with E-state index in [2.05, 4.69) is 40.7 Å². The molecule has 6 aliphatic carbocycles. The molecule has 3 unspecified atom stereocenters. The summed E-state index contributed by atoms with van der Waals surface area (Å²) in [6, 6.07) is 0. The van der Waals surface area contributed by atoms with Crippen molar-refractivity contribution in [2.75, 3.05) is 26.4 Å². The van der Waals surface area contributed by atoms with Crippen LogP contribution < -0.4 is 0 Å². The Balaban J connectivity index is 0.852. The SMILES string of the molecule is C[C@@H]1O[C@@H](O[C@@H]2[C@@H](O)[C@H](O[C@@H]3[C@@H](O)[C@@H](O)C(O[C@H]4[C@H](OC(=O)[C@]56CCC(C)(C)C[C@H]5C5=CCC7[C@@]8(C)C[C@H](O)[C@H](O[C@@H]9C[C@H](CO)[C@@H](O)[C@H](O)[C@H]9O)[C@@](C)(CO)C8[C@H](O)C[C@@]7(C)[C@]5(C)CC6)OC[C@H](O)[C@@H]4O)O[C@H]3C)OC[C@H]2O)[C@H](O)[C@H](O)[C@H]1O. The maximum Gasteiger partial charge on any atom is 0.315 e. The first-order chi connectivity index (χ1) is 39.7. The summed E-state index contributed by atoms with van der Waals surface area (Å²) in [6.45, 7) is 13.5. The molecule has 10 rings (SSSR count). The van der Waals surface area contributed by atoms with Crippen molar-refractivity contribution in [1.29, 1.82) is 0 Å². The molecule has 0 spiro atoms. The fourth-order valence-electron chi connectivity index (χ4n) is 18.1. The molecule has 34 atom stereocenters. The highest BCUT2D eigenvalue weighted by Crippen LogP contribution is 2.76. The third kappa shape index (κ3) is 10.9. The quantitative estimate of drug-likeness (QED) is 0.0672. The molecule has 85 heavy (non-hydrogen) atoms. The number of hydrogen-bond acceptors (Lipinski definition) is 26. The van der Waals surface area contributed by atoms with E-state index in [9.17, 15) is 81.7 Å². The molecule has 26 nitrogen and oxygen atoms in total. The van der Waals surface area contributed by atoms with E-state index < -0.39 is 225 Å². The van der Waals surface area contributed by atoms with Gasteiger partial charge in [0, 0.05) is 23.9 Å². The Morgan fingerprint density at radius 1 is 0.565 bits per heavy atom. The van der Waals surface area contributed by atoms with Crippen LogP contribution >= 0.6 is 0 Å². The van der Waals surface area contributed by atoms with E-state index in [-0.39, 0.29) is 30.1 Å². The van der Waals surface area contributed by atoms with E-state index in [0.717, 1.165) is 5.57 Å². The summed E-state index contributed by atoms with van der Waals surface area (Å²) in [7, 11) is 0. The normalized spacial score (nSPS) is 56.1. The Morgan fingerprint density at radius 2 is 1.16 bits per heavy atom. The molecule has 0 aromatic heterocycles. The van der Waals surface area contributed by atoms with Crippen LogP contribution in [-0.2, 0) is 47.4 Å². The summed E-state index contributed by atoms with van der Waals surface area (Å²) in [6.07, 6.45) is -32.2. The van der Waals surface area contributed by atoms with E-state index >= 15 is 4.79 Å². The van der Waals surface area contributed by atoms with Crippen LogP contribution in [0.25, 0.3) is 0 Å². The van der Waals surface area contributed by atoms with Gasteiger partial charge >= 0.3 is 5.97 Å². The number of allylic oxidation sites excluding steroid dienone is 2. The molecule has 488 valence electrons. The Hall–Kier alpha value is -1.75. The van der Waals surface area contributed by atoms with Crippen LogP contribution in [-0.4, -0.2) is 267 Å². The van der Waals surface area contributed by atoms with Gasteiger partial charge in [-0.2, -0.15) is 0 Å². The fourth-order valence-corrected chi connectivity index (χ4v) is 18.1. The maximum absolute atomic E-state index is 15.4. The lowest BCUT2D eigenvalue weighted by molar-refractivity contribution is -0.377. The van der Waals surface area contributed by atoms with Gasteiger partial charge < -0.3 is 124 Å². The predicted molar refractivity (Wildman–Crippen MR) is 288 cm³/mol. The van der Waals surface area contributed by atoms with Gasteiger partial charge in [0.1, 0.15) is 79.4 Å². The molecule has 4 aliphatic heterocycles. The topological polar surface area (TPSA) is 424 Å². The van der Waals surface area contributed by atoms with Crippen molar-refractivity contribution in [2.45, 2.75) is 267 Å². The minimum absolute atomic E-state index is 0.0211. The summed E-state index contributed by atoms with van der Waals surface area (Å²) in [5, 5.41) is 177. The number of rotatable bonds is 12. The van der Waals surface area contributed by atoms with Gasteiger partial charge in [-0.15, -0.1) is 0 Å². The third-order valence-electron chi connectivity index (χ3n) is 23.2. The molecule has 9 fully saturated rings. The summed E-state index contributed by atoms with van der Waals surface area (Å²) < 4.78 is 53.7. The summed E-state index contributed by atoms with van der Waals surface area (Å²) >= 11 is 0. The van der Waals surface area contributed by atoms with Crippen molar-refractivity contribution in [2.24, 2.45) is 56.2 Å². The number of esters is 1. The number of hydrogen-bond donors (Lipinski definition) is 16. The second kappa shape index (κ2) is 24.1. The molecule has 10 aliphatic rings. The van der Waals surface area contributed by atoms with Crippen molar-refractivity contribution < 1.29 is 129 Å². The van der Waals surface area contributed by atoms with E-state index in [4.69, 9.17) is 42.6 Å². The van der Waals surface area contributed by atoms with Crippen LogP contribution in [0, 0.1) is 56.2 Å². The van der Waals surface area contributed by atoms with Gasteiger partial charge in [-0.05, 0) is 105 Å². The lowest BCUT2D eigenvalue weighted by Crippen LogP contribution is -2.72. The maximum atomic E-state index is 15.4. The predicted octanol–water partition coefficient (Wildman–Crippen LogP) is -3.30. The molecule has 4 saturated heterocycles. The van der Waals surface area contributed by atoms with Gasteiger partial charge in [-0.1, -0.05) is 53.2 Å². The zero-order valence-electron chi connectivity index (χ0n) is 49.8. The second-order valence-electron chi connectivity index (χ2n) is 28.8. The molecule has 0 bridgehead atoms. The van der Waals surface area contributed by atoms with Gasteiger partial charge in [0.05, 0.1) is 68.0 Å². The van der Waals surface area contributed by atoms with Gasteiger partial charge in [-0.3, -0.25) is 4.79 Å². The fraction of sp³-hybridized carbons (Fsp3) is 0.949. The van der Waals surface area contributed by atoms with Crippen LogP contribution in [0.1, 0.15) is 113 Å². The molecule has 0 aromatic carbocycles. The molecular weight excluding hydrogens is 1120 g/mol. The highest BCUT2D eigenvalue weighted by Gasteiger charge is 2.73. The number of aliphatic hydroxyl groups is 16. The van der Waals surface area contributed by atoms with Crippen LogP contribution in [0.15, 0.2) is 11.6 Å². The molecule has 0 aromatic rings. The van der Waals surface area contributed by atoms with Gasteiger partial charge in [0.15, 0.2) is 25.0 Å². The largest absolute Gasteiger partial charge is 0.432 e. The molecule has 0 amide bonds. The second-order valence-corrected chi connectivity index (χ2v) is 28.8. The Bertz CT molecular complexity index is 2390. The van der Waals surface area contributed by atoms with Crippen molar-refractivity contribution in [3.8, 4) is 0 Å². The van der Waals surface area contributed by atoms with E-state index in [1.807, 2.05) is 0 Å². The smallest absolute Gasteiger partial charge is 0.315 e. The van der Waals surface area contributed by atoms with Crippen LogP contribution in [0.3, 0.4) is 0 Å². The average Bonchev–Trinajstić information content (AvgIpc) is 0.681. The van der Waals surface area contributed by atoms with Gasteiger partial charge in [0.25, 0.3) is 0 Å². The lowest BCUT2D eigenvalue weighted by atomic mass is 9.33. The van der Waals surface area contributed by atoms with Crippen LogP contribution in [0.2, 0.25) is 0 Å². The Labute approximate surface area is 494 Å². The van der Waals surface area contributed by atoms with Crippen molar-refractivity contribution >= 4 is 5.97 Å². The molecule has 0 radical (unpaired) electrons. The van der Waals surface area contributed by atoms with Crippen LogP contribution in [0.5, 0.6) is 0 Å². The highest BCUT2D eigenvalue weighted by atomic mass is 16.8. The number of fused-ring (bicyclic) bond motifs is 7. The summed E-state index contributed by atoms with van der Waals surface area (Å²) in [5.74, 6) is -2.62. The highest BCUT2D eigenvalue weighted by molar-refractivity contribution is 5.79. The van der Waals surface area contributed by atoms with Crippen molar-refractivity contribution in [3.63, 3.8) is 0 Å². The molecular formula is C59H96O26. The minimum atomic E-state index is -1.95. The van der Waals surface area contributed by atoms with E-state index in [1.165, 1.54) is 13.8 Å². The van der Waals surface area contributed by atoms with Gasteiger partial charge in [-0.25, -0.2) is 0 Å². The first-order valence-electron chi connectivity index (χ1n) is 30.6. The molecule has 26 heteroatoms. The number of carbonyl (C=O) groups is 1. The van der Waals surface area contributed by atoms with E-state index in [1.54, 1.807) is 6.92 Å². The Kier molecular flexibility index (Phi) is 18.7. The van der Waals surface area contributed by atoms with Gasteiger partial charge in [0.2, 0.25) is 6.29 Å². The number of aliphatic hydroxyl groups excluding tert-OH is 16. The van der Waals surface area contributed by atoms with Crippen molar-refractivity contribution in [3.05, 3.63) is 11.6 Å². The first-order valence-corrected chi connectivity index (χ1v) is 30.6. The van der Waals surface area contributed by atoms with Crippen molar-refractivity contribution in [1.82, 2.24) is 0 Å². The zero-order valence-corrected chi connectivity index (χ0v) is 49.8. The molecule has 16 N–H and O–H groups in total. The number of carbonyl (C=O) groups excluding carboxylic acids is 1. The Morgan fingerprint density at radius 3 is 1.84 bits per heavy atom. The lowest BCUT2D eigenvalue weighted by Gasteiger charge is -2.72. The molecule has 4 heterocycles. The van der Waals surface area contributed by atoms with E-state index in [0.29, 0.717) is 44.9 Å². The number of ether oxygens (including phenoxy) is 9. The standard InChI is InChI=1S/C59H96O26/c1-23-34(66)38(70)41(73)50(79-23)83-45-31(65)21-77-49(43(45)75)82-44-24(2)80-51(42(74)40(44)72)84-46-36(68)30(64)20-78-52(46)85-53(76)59-13-11-54(3,4)16-27(59)26-9-10-33-55(5)17-29(63)48(81-32-15-25(19-60)35(67)39(71)37(32)69)56(6,22-61)47(55)28(62)18-58(33,8)57(26,7)12-14-59/h9,23-25,27-52,60-75H,10-22H2,1-8H3/t23-,24-,25+,27-,28+,29-,30-,31+,32+,33?,34-,35+,36-,37-,38+,39-,40-,41+,42+,43+,44-,45-,46+,47?,48-,49-,50-,51?,52-,55+,56-,57+,58+,59-/m0/s1.